The van der Waals surface area contributed by atoms with E-state index in [-0.39, 0.29) is 17.9 Å². The van der Waals surface area contributed by atoms with Gasteiger partial charge in [0.05, 0.1) is 29.1 Å². The van der Waals surface area contributed by atoms with Crippen molar-refractivity contribution in [3.05, 3.63) is 64.6 Å². The summed E-state index contributed by atoms with van der Waals surface area (Å²) in [6.07, 6.45) is 1.01. The topological polar surface area (TPSA) is 98.8 Å². The van der Waals surface area contributed by atoms with E-state index in [0.29, 0.717) is 42.7 Å². The zero-order valence-corrected chi connectivity index (χ0v) is 16.4. The molecule has 0 unspecified atom stereocenters. The number of fused-ring (bicyclic) bond motifs is 1. The van der Waals surface area contributed by atoms with Crippen LogP contribution in [-0.4, -0.2) is 37.9 Å². The van der Waals surface area contributed by atoms with E-state index in [0.717, 1.165) is 0 Å². The highest BCUT2D eigenvalue weighted by Crippen LogP contribution is 2.25. The van der Waals surface area contributed by atoms with E-state index in [1.807, 2.05) is 6.07 Å². The van der Waals surface area contributed by atoms with Crippen molar-refractivity contribution < 1.29 is 22.4 Å². The Hall–Kier alpha value is -3.07. The molecule has 9 heteroatoms. The molecule has 1 aliphatic rings. The van der Waals surface area contributed by atoms with E-state index in [9.17, 15) is 18.0 Å². The number of carbonyl (C=O) groups is 1. The van der Waals surface area contributed by atoms with Crippen LogP contribution in [0.3, 0.4) is 0 Å². The minimum absolute atomic E-state index is 0.115. The number of esters is 1. The van der Waals surface area contributed by atoms with Gasteiger partial charge in [-0.05, 0) is 43.2 Å². The Kier molecular flexibility index (Phi) is 5.14. The molecule has 1 aliphatic heterocycles. The molecule has 1 fully saturated rings. The summed E-state index contributed by atoms with van der Waals surface area (Å²) >= 11 is 0. The van der Waals surface area contributed by atoms with Crippen molar-refractivity contribution in [3.63, 3.8) is 0 Å². The number of hydrogen-bond donors (Lipinski definition) is 0. The van der Waals surface area contributed by atoms with Crippen LogP contribution in [0.25, 0.3) is 11.1 Å². The van der Waals surface area contributed by atoms with E-state index in [2.05, 4.69) is 0 Å². The van der Waals surface area contributed by atoms with Gasteiger partial charge in [0.15, 0.2) is 5.58 Å². The quantitative estimate of drug-likeness (QED) is 0.452. The van der Waals surface area contributed by atoms with E-state index >= 15 is 0 Å². The summed E-state index contributed by atoms with van der Waals surface area (Å²) in [5.74, 6) is -0.867. The maximum atomic E-state index is 12.3. The number of oxazole rings is 1. The normalized spacial score (nSPS) is 15.7. The van der Waals surface area contributed by atoms with Crippen LogP contribution in [0.4, 0.5) is 5.69 Å². The van der Waals surface area contributed by atoms with Crippen molar-refractivity contribution in [2.45, 2.75) is 19.4 Å². The first-order valence-electron chi connectivity index (χ1n) is 9.32. The van der Waals surface area contributed by atoms with Crippen molar-refractivity contribution in [1.29, 1.82) is 0 Å². The molecular formula is C20H20N2O6S. The SMILES string of the molecule is O=C(OCCCn1c(=O)oc2ccccc21)c1cccc(N2CCCS2(=O)=O)c1. The van der Waals surface area contributed by atoms with Gasteiger partial charge in [-0.25, -0.2) is 18.0 Å². The molecule has 29 heavy (non-hydrogen) atoms. The molecule has 2 heterocycles. The average molecular weight is 416 g/mol. The zero-order valence-electron chi connectivity index (χ0n) is 15.6. The third-order valence-corrected chi connectivity index (χ3v) is 6.67. The second kappa shape index (κ2) is 7.75. The Morgan fingerprint density at radius 2 is 1.97 bits per heavy atom. The summed E-state index contributed by atoms with van der Waals surface area (Å²) in [6.45, 7) is 0.889. The molecule has 2 aromatic carbocycles. The molecule has 8 nitrogen and oxygen atoms in total. The number of hydrogen-bond acceptors (Lipinski definition) is 6. The van der Waals surface area contributed by atoms with Crippen molar-refractivity contribution >= 4 is 32.8 Å². The lowest BCUT2D eigenvalue weighted by atomic mass is 10.2. The predicted molar refractivity (Wildman–Crippen MR) is 108 cm³/mol. The van der Waals surface area contributed by atoms with Crippen LogP contribution in [0.15, 0.2) is 57.7 Å². The van der Waals surface area contributed by atoms with Gasteiger partial charge in [-0.2, -0.15) is 0 Å². The predicted octanol–water partition coefficient (Wildman–Crippen LogP) is 2.38. The number of nitrogens with zero attached hydrogens (tertiary/aromatic N) is 2. The smallest absolute Gasteiger partial charge is 0.419 e. The highest BCUT2D eigenvalue weighted by Gasteiger charge is 2.28. The molecular weight excluding hydrogens is 396 g/mol. The molecule has 3 aromatic rings. The fraction of sp³-hybridized carbons (Fsp3) is 0.300. The van der Waals surface area contributed by atoms with Crippen LogP contribution in [0.1, 0.15) is 23.2 Å². The molecule has 1 saturated heterocycles. The molecule has 0 aliphatic carbocycles. The molecule has 0 spiro atoms. The lowest BCUT2D eigenvalue weighted by Crippen LogP contribution is -2.25. The molecule has 0 atom stereocenters. The average Bonchev–Trinajstić information content (AvgIpc) is 3.23. The van der Waals surface area contributed by atoms with E-state index in [1.165, 1.54) is 14.9 Å². The van der Waals surface area contributed by atoms with E-state index < -0.39 is 21.7 Å². The number of rotatable bonds is 6. The van der Waals surface area contributed by atoms with Crippen LogP contribution in [0.5, 0.6) is 0 Å². The van der Waals surface area contributed by atoms with Crippen LogP contribution < -0.4 is 10.1 Å². The lowest BCUT2D eigenvalue weighted by molar-refractivity contribution is 0.0496. The lowest BCUT2D eigenvalue weighted by Gasteiger charge is -2.17. The Morgan fingerprint density at radius 1 is 1.14 bits per heavy atom. The number of aromatic nitrogens is 1. The summed E-state index contributed by atoms with van der Waals surface area (Å²) in [7, 11) is -3.31. The summed E-state index contributed by atoms with van der Waals surface area (Å²) in [4.78, 5) is 24.3. The number of anilines is 1. The van der Waals surface area contributed by atoms with Gasteiger partial charge in [-0.3, -0.25) is 8.87 Å². The summed E-state index contributed by atoms with van der Waals surface area (Å²) in [5.41, 5.74) is 1.97. The van der Waals surface area contributed by atoms with Crippen molar-refractivity contribution in [1.82, 2.24) is 4.57 Å². The molecule has 0 radical (unpaired) electrons. The first-order valence-corrected chi connectivity index (χ1v) is 10.9. The minimum atomic E-state index is -3.31. The van der Waals surface area contributed by atoms with Gasteiger partial charge in [-0.1, -0.05) is 18.2 Å². The molecule has 0 saturated carbocycles. The van der Waals surface area contributed by atoms with Gasteiger partial charge in [0.2, 0.25) is 10.0 Å². The van der Waals surface area contributed by atoms with E-state index in [4.69, 9.17) is 9.15 Å². The molecule has 1 aromatic heterocycles. The summed E-state index contributed by atoms with van der Waals surface area (Å²) < 4.78 is 37.4. The van der Waals surface area contributed by atoms with Crippen molar-refractivity contribution in [3.8, 4) is 0 Å². The minimum Gasteiger partial charge on any atom is -0.462 e. The number of para-hydroxylation sites is 2. The van der Waals surface area contributed by atoms with Gasteiger partial charge >= 0.3 is 11.7 Å². The Labute approximate surface area is 167 Å². The molecule has 4 rings (SSSR count). The highest BCUT2D eigenvalue weighted by atomic mass is 32.2. The third kappa shape index (κ3) is 3.91. The number of ether oxygens (including phenoxy) is 1. The van der Waals surface area contributed by atoms with Gasteiger partial charge in [0.1, 0.15) is 0 Å². The first-order chi connectivity index (χ1) is 14.0. The standard InChI is InChI=1S/C20H20N2O6S/c23-19(15-6-3-7-16(14-15)22-11-5-13-29(22,25)26)27-12-4-10-21-17-8-1-2-9-18(17)28-20(21)24/h1-3,6-9,14H,4-5,10-13H2. The Bertz CT molecular complexity index is 1210. The van der Waals surface area contributed by atoms with E-state index in [1.54, 1.807) is 36.4 Å². The van der Waals surface area contributed by atoms with Crippen LogP contribution >= 0.6 is 0 Å². The zero-order chi connectivity index (χ0) is 20.4. The monoisotopic (exact) mass is 416 g/mol. The van der Waals surface area contributed by atoms with Crippen LogP contribution in [0.2, 0.25) is 0 Å². The number of sulfonamides is 1. The fourth-order valence-electron chi connectivity index (χ4n) is 3.41. The van der Waals surface area contributed by atoms with Gasteiger partial charge < -0.3 is 9.15 Å². The number of aryl methyl sites for hydroxylation is 1. The molecule has 0 N–H and O–H groups in total. The summed E-state index contributed by atoms with van der Waals surface area (Å²) in [5, 5.41) is 0. The Balaban J connectivity index is 1.37. The highest BCUT2D eigenvalue weighted by molar-refractivity contribution is 7.93. The van der Waals surface area contributed by atoms with Gasteiger partial charge in [0, 0.05) is 13.1 Å². The third-order valence-electron chi connectivity index (χ3n) is 4.80. The van der Waals surface area contributed by atoms with Crippen molar-refractivity contribution in [2.75, 3.05) is 23.2 Å². The maximum Gasteiger partial charge on any atom is 0.419 e. The van der Waals surface area contributed by atoms with Crippen LogP contribution in [-0.2, 0) is 21.3 Å². The largest absolute Gasteiger partial charge is 0.462 e. The first kappa shape index (κ1) is 19.3. The molecule has 0 amide bonds. The molecule has 0 bridgehead atoms. The van der Waals surface area contributed by atoms with Crippen molar-refractivity contribution in [2.24, 2.45) is 0 Å². The van der Waals surface area contributed by atoms with Gasteiger partial charge in [0.25, 0.3) is 0 Å². The summed E-state index contributed by atoms with van der Waals surface area (Å²) in [6, 6.07) is 13.5. The van der Waals surface area contributed by atoms with Gasteiger partial charge in [-0.15, -0.1) is 0 Å². The fourth-order valence-corrected chi connectivity index (χ4v) is 4.97. The number of carbonyl (C=O) groups excluding carboxylic acids is 1. The second-order valence-electron chi connectivity index (χ2n) is 6.77. The van der Waals surface area contributed by atoms with Crippen LogP contribution in [0, 0.1) is 0 Å². The number of benzene rings is 2. The Morgan fingerprint density at radius 3 is 2.76 bits per heavy atom. The second-order valence-corrected chi connectivity index (χ2v) is 8.78. The molecule has 152 valence electrons. The maximum absolute atomic E-state index is 12.3.